The standard InChI is InChI=1S/C21H24N4O5S/c26-21(23-22-17-10-4-1-2-5-11-17)16-24(19-14-8-9-15-20(19)25(27)28)31(29,30)18-12-6-3-7-13-18/h3,6-9,12-15H,1-2,4-5,10-11,16H2,(H,23,26). The fourth-order valence-corrected chi connectivity index (χ4v) is 4.86. The number of carbonyl (C=O) groups is 1. The average Bonchev–Trinajstić information content (AvgIpc) is 3.05. The molecule has 1 aliphatic rings. The molecule has 2 aromatic carbocycles. The molecule has 1 amide bonds. The molecular formula is C21H24N4O5S. The van der Waals surface area contributed by atoms with Gasteiger partial charge in [0.15, 0.2) is 0 Å². The first kappa shape index (κ1) is 22.4. The second-order valence-electron chi connectivity index (χ2n) is 7.20. The van der Waals surface area contributed by atoms with Gasteiger partial charge in [0.1, 0.15) is 12.2 Å². The summed E-state index contributed by atoms with van der Waals surface area (Å²) in [6.45, 7) is -0.640. The number of amides is 1. The summed E-state index contributed by atoms with van der Waals surface area (Å²) in [5, 5.41) is 15.7. The van der Waals surface area contributed by atoms with E-state index in [1.807, 2.05) is 0 Å². The van der Waals surface area contributed by atoms with Crippen molar-refractivity contribution in [1.29, 1.82) is 0 Å². The molecule has 1 saturated carbocycles. The van der Waals surface area contributed by atoms with Crippen LogP contribution in [0.4, 0.5) is 11.4 Å². The number of nitrogens with one attached hydrogen (secondary N) is 1. The highest BCUT2D eigenvalue weighted by Crippen LogP contribution is 2.31. The Morgan fingerprint density at radius 2 is 1.61 bits per heavy atom. The highest BCUT2D eigenvalue weighted by molar-refractivity contribution is 7.92. The van der Waals surface area contributed by atoms with Gasteiger partial charge < -0.3 is 0 Å². The third kappa shape index (κ3) is 5.66. The van der Waals surface area contributed by atoms with Crippen LogP contribution in [0.25, 0.3) is 0 Å². The topological polar surface area (TPSA) is 122 Å². The molecule has 0 atom stereocenters. The maximum Gasteiger partial charge on any atom is 0.293 e. The number of para-hydroxylation sites is 2. The average molecular weight is 445 g/mol. The summed E-state index contributed by atoms with van der Waals surface area (Å²) in [5.41, 5.74) is 2.70. The lowest BCUT2D eigenvalue weighted by atomic mass is 10.2. The monoisotopic (exact) mass is 444 g/mol. The van der Waals surface area contributed by atoms with Crippen molar-refractivity contribution in [2.24, 2.45) is 5.10 Å². The van der Waals surface area contributed by atoms with E-state index in [0.29, 0.717) is 0 Å². The lowest BCUT2D eigenvalue weighted by molar-refractivity contribution is -0.384. The zero-order chi connectivity index (χ0) is 22.3. The van der Waals surface area contributed by atoms with Crippen LogP contribution in [0.15, 0.2) is 64.6 Å². The van der Waals surface area contributed by atoms with Gasteiger partial charge in [-0.15, -0.1) is 0 Å². The zero-order valence-electron chi connectivity index (χ0n) is 16.9. The lowest BCUT2D eigenvalue weighted by Gasteiger charge is -2.23. The molecule has 3 rings (SSSR count). The van der Waals surface area contributed by atoms with Gasteiger partial charge in [-0.25, -0.2) is 18.1 Å². The Morgan fingerprint density at radius 1 is 1.00 bits per heavy atom. The van der Waals surface area contributed by atoms with E-state index in [1.165, 1.54) is 36.4 Å². The van der Waals surface area contributed by atoms with Gasteiger partial charge in [0.2, 0.25) is 0 Å². The Hall–Kier alpha value is -3.27. The molecule has 1 aliphatic carbocycles. The van der Waals surface area contributed by atoms with Crippen molar-refractivity contribution in [3.8, 4) is 0 Å². The lowest BCUT2D eigenvalue weighted by Crippen LogP contribution is -2.40. The number of nitro benzene ring substituents is 1. The zero-order valence-corrected chi connectivity index (χ0v) is 17.8. The van der Waals surface area contributed by atoms with Gasteiger partial charge in [-0.2, -0.15) is 5.10 Å². The first-order valence-corrected chi connectivity index (χ1v) is 11.5. The summed E-state index contributed by atoms with van der Waals surface area (Å²) < 4.78 is 27.3. The van der Waals surface area contributed by atoms with Crippen molar-refractivity contribution >= 4 is 33.0 Å². The van der Waals surface area contributed by atoms with Crippen molar-refractivity contribution in [3.63, 3.8) is 0 Å². The Bertz CT molecular complexity index is 1060. The maximum absolute atomic E-state index is 13.3. The number of rotatable bonds is 7. The number of nitro groups is 1. The van der Waals surface area contributed by atoms with E-state index >= 15 is 0 Å². The van der Waals surface area contributed by atoms with Gasteiger partial charge >= 0.3 is 0 Å². The highest BCUT2D eigenvalue weighted by atomic mass is 32.2. The number of nitrogens with zero attached hydrogens (tertiary/aromatic N) is 3. The van der Waals surface area contributed by atoms with Gasteiger partial charge in [0.25, 0.3) is 21.6 Å². The Labute approximate surface area is 181 Å². The van der Waals surface area contributed by atoms with Gasteiger partial charge in [0, 0.05) is 11.8 Å². The Kier molecular flexibility index (Phi) is 7.35. The molecule has 2 aromatic rings. The van der Waals surface area contributed by atoms with Crippen molar-refractivity contribution < 1.29 is 18.1 Å². The molecule has 0 saturated heterocycles. The predicted octanol–water partition coefficient (Wildman–Crippen LogP) is 3.62. The summed E-state index contributed by atoms with van der Waals surface area (Å²) in [4.78, 5) is 23.4. The number of sulfonamides is 1. The van der Waals surface area contributed by atoms with Crippen LogP contribution in [-0.4, -0.2) is 31.5 Å². The van der Waals surface area contributed by atoms with Gasteiger partial charge in [-0.3, -0.25) is 14.9 Å². The fraction of sp³-hybridized carbons (Fsp3) is 0.333. The Balaban J connectivity index is 1.92. The Morgan fingerprint density at radius 3 is 2.26 bits per heavy atom. The molecule has 1 N–H and O–H groups in total. The van der Waals surface area contributed by atoms with Crippen LogP contribution in [0.5, 0.6) is 0 Å². The molecule has 0 aromatic heterocycles. The van der Waals surface area contributed by atoms with Crippen molar-refractivity contribution in [3.05, 3.63) is 64.7 Å². The van der Waals surface area contributed by atoms with Crippen LogP contribution in [0.1, 0.15) is 38.5 Å². The van der Waals surface area contributed by atoms with E-state index in [2.05, 4.69) is 10.5 Å². The van der Waals surface area contributed by atoms with E-state index in [9.17, 15) is 23.3 Å². The molecule has 1 fully saturated rings. The minimum atomic E-state index is -4.23. The first-order valence-electron chi connectivity index (χ1n) is 10.0. The second kappa shape index (κ2) is 10.2. The van der Waals surface area contributed by atoms with Crippen LogP contribution in [-0.2, 0) is 14.8 Å². The van der Waals surface area contributed by atoms with Crippen LogP contribution < -0.4 is 9.73 Å². The van der Waals surface area contributed by atoms with Crippen LogP contribution in [0, 0.1) is 10.1 Å². The number of hydrogen-bond acceptors (Lipinski definition) is 6. The molecule has 0 bridgehead atoms. The first-order chi connectivity index (χ1) is 14.9. The third-order valence-corrected chi connectivity index (χ3v) is 6.76. The number of anilines is 1. The number of hydrazone groups is 1. The smallest absolute Gasteiger partial charge is 0.271 e. The molecule has 0 aliphatic heterocycles. The van der Waals surface area contributed by atoms with E-state index in [1.54, 1.807) is 18.2 Å². The molecule has 0 spiro atoms. The summed E-state index contributed by atoms with van der Waals surface area (Å²) in [7, 11) is -4.23. The van der Waals surface area contributed by atoms with Gasteiger partial charge in [0.05, 0.1) is 9.82 Å². The van der Waals surface area contributed by atoms with Gasteiger partial charge in [-0.05, 0) is 43.9 Å². The molecular weight excluding hydrogens is 420 g/mol. The number of carbonyl (C=O) groups excluding carboxylic acids is 1. The minimum absolute atomic E-state index is 0.0731. The van der Waals surface area contributed by atoms with Crippen LogP contribution >= 0.6 is 0 Å². The maximum atomic E-state index is 13.3. The molecule has 31 heavy (non-hydrogen) atoms. The van der Waals surface area contributed by atoms with Gasteiger partial charge in [-0.1, -0.05) is 43.2 Å². The number of hydrogen-bond donors (Lipinski definition) is 1. The fourth-order valence-electron chi connectivity index (χ4n) is 3.40. The summed E-state index contributed by atoms with van der Waals surface area (Å²) in [5.74, 6) is -0.672. The normalized spacial score (nSPS) is 14.4. The van der Waals surface area contributed by atoms with E-state index in [4.69, 9.17) is 0 Å². The van der Waals surface area contributed by atoms with Crippen molar-refractivity contribution in [2.75, 3.05) is 10.8 Å². The molecule has 0 radical (unpaired) electrons. The summed E-state index contributed by atoms with van der Waals surface area (Å²) in [6.07, 6.45) is 5.81. The molecule has 164 valence electrons. The SMILES string of the molecule is O=C(CN(c1ccccc1[N+](=O)[O-])S(=O)(=O)c1ccccc1)NN=C1CCCCCC1. The van der Waals surface area contributed by atoms with Crippen LogP contribution in [0.2, 0.25) is 0 Å². The molecule has 10 heteroatoms. The number of benzene rings is 2. The highest BCUT2D eigenvalue weighted by Gasteiger charge is 2.31. The van der Waals surface area contributed by atoms with Crippen LogP contribution in [0.3, 0.4) is 0 Å². The summed E-state index contributed by atoms with van der Waals surface area (Å²) >= 11 is 0. The largest absolute Gasteiger partial charge is 0.293 e. The quantitative estimate of drug-likeness (QED) is 0.397. The van der Waals surface area contributed by atoms with Crippen molar-refractivity contribution in [2.45, 2.75) is 43.4 Å². The summed E-state index contributed by atoms with van der Waals surface area (Å²) in [6, 6.07) is 12.9. The van der Waals surface area contributed by atoms with E-state index in [0.717, 1.165) is 48.5 Å². The third-order valence-electron chi connectivity index (χ3n) is 4.98. The molecule has 9 nitrogen and oxygen atoms in total. The molecule has 0 unspecified atom stereocenters. The van der Waals surface area contributed by atoms with Crippen molar-refractivity contribution in [1.82, 2.24) is 5.43 Å². The van der Waals surface area contributed by atoms with E-state index in [-0.39, 0.29) is 10.6 Å². The second-order valence-corrected chi connectivity index (χ2v) is 9.06. The molecule has 0 heterocycles. The van der Waals surface area contributed by atoms with E-state index < -0.39 is 33.1 Å². The predicted molar refractivity (Wildman–Crippen MR) is 117 cm³/mol. The minimum Gasteiger partial charge on any atom is -0.271 e.